The molecule has 0 saturated heterocycles. The molecule has 0 aliphatic carbocycles. The molecular formula is H6FKNNa. The zero-order valence-corrected chi connectivity index (χ0v) is 1.12. The van der Waals surface area contributed by atoms with Gasteiger partial charge in [0.05, 0.1) is 0 Å². The van der Waals surface area contributed by atoms with Gasteiger partial charge in [0.25, 0.3) is 0 Å². The van der Waals surface area contributed by atoms with E-state index in [1.807, 2.05) is 0 Å². The Morgan fingerprint density at radius 2 is 1.00 bits per heavy atom. The minimum absolute atomic E-state index is 0. The van der Waals surface area contributed by atoms with Crippen molar-refractivity contribution in [2.45, 2.75) is 0 Å². The van der Waals surface area contributed by atoms with Crippen molar-refractivity contribution in [2.24, 2.45) is 0 Å². The fourth-order valence-corrected chi connectivity index (χ4v) is 0. The van der Waals surface area contributed by atoms with Crippen molar-refractivity contribution >= 4 is 80.9 Å². The first-order valence-electron chi connectivity index (χ1n) is 0. The molecule has 0 amide bonds. The third kappa shape index (κ3) is 8.82. The van der Waals surface area contributed by atoms with Crippen LogP contribution in [0.15, 0.2) is 0 Å². The third-order valence-electron chi connectivity index (χ3n) is 0. The minimum atomic E-state index is 0. The van der Waals surface area contributed by atoms with Crippen LogP contribution in [0.1, 0.15) is 0 Å². The van der Waals surface area contributed by atoms with Gasteiger partial charge in [0, 0.05) is 0 Å². The molecule has 3 N–H and O–H groups in total. The summed E-state index contributed by atoms with van der Waals surface area (Å²) in [4.78, 5) is 0. The zero-order valence-electron chi connectivity index (χ0n) is 1.12. The van der Waals surface area contributed by atoms with Gasteiger partial charge in [-0.1, -0.05) is 0 Å². The summed E-state index contributed by atoms with van der Waals surface area (Å²) in [5, 5.41) is 0. The van der Waals surface area contributed by atoms with Crippen LogP contribution in [0.25, 0.3) is 0 Å². The monoisotopic (exact) mass is 101 g/mol. The van der Waals surface area contributed by atoms with Gasteiger partial charge in [0.2, 0.25) is 0 Å². The first-order chi connectivity index (χ1) is 0. The van der Waals surface area contributed by atoms with Crippen molar-refractivity contribution in [3.63, 3.8) is 0 Å². The average Bonchev–Trinajstić information content (AvgIpc) is 0. The average molecular weight is 101 g/mol. The number of rotatable bonds is 0. The Bertz CT molecular complexity index is 8.00. The van der Waals surface area contributed by atoms with Gasteiger partial charge in [-0.2, -0.15) is 0 Å². The van der Waals surface area contributed by atoms with Gasteiger partial charge < -0.3 is 6.15 Å². The predicted molar refractivity (Wildman–Crippen MR) is 21.8 cm³/mol. The van der Waals surface area contributed by atoms with Crippen LogP contribution in [0.4, 0.5) is 4.70 Å². The first kappa shape index (κ1) is 31.2. The van der Waals surface area contributed by atoms with Crippen LogP contribution in [0, 0.1) is 0 Å². The van der Waals surface area contributed by atoms with Gasteiger partial charge in [-0.25, -0.2) is 0 Å². The van der Waals surface area contributed by atoms with Gasteiger partial charge in [0.1, 0.15) is 0 Å². The van der Waals surface area contributed by atoms with Crippen molar-refractivity contribution in [3.8, 4) is 0 Å². The molecule has 0 fully saturated rings. The molecule has 0 aromatic carbocycles. The Labute approximate surface area is 89.6 Å². The van der Waals surface area contributed by atoms with E-state index >= 15 is 0 Å². The number of hydrogen-bond acceptors (Lipinski definition) is 1. The fraction of sp³-hybridized carbons (Fsp3) is 0. The van der Waals surface area contributed by atoms with Gasteiger partial charge in [0.15, 0.2) is 0 Å². The van der Waals surface area contributed by atoms with E-state index < -0.39 is 0 Å². The number of halogens is 1. The van der Waals surface area contributed by atoms with E-state index in [9.17, 15) is 0 Å². The SMILES string of the molecule is F.N.[KH].[NaH]. The maximum absolute atomic E-state index is 0. The molecule has 0 atom stereocenters. The molecule has 20 valence electrons. The summed E-state index contributed by atoms with van der Waals surface area (Å²) in [5.74, 6) is 0. The molecule has 0 aromatic rings. The topological polar surface area (TPSA) is 35.0 Å². The van der Waals surface area contributed by atoms with Crippen molar-refractivity contribution < 1.29 is 4.70 Å². The summed E-state index contributed by atoms with van der Waals surface area (Å²) in [7, 11) is 0. The quantitative estimate of drug-likeness (QED) is 0.391. The van der Waals surface area contributed by atoms with E-state index in [1.54, 1.807) is 0 Å². The van der Waals surface area contributed by atoms with E-state index in [0.29, 0.717) is 0 Å². The first-order valence-corrected chi connectivity index (χ1v) is 0. The molecule has 0 aliphatic rings. The molecule has 1 nitrogen and oxygen atoms in total. The molecule has 0 radical (unpaired) electrons. The molecule has 0 saturated carbocycles. The van der Waals surface area contributed by atoms with Crippen LogP contribution in [-0.2, 0) is 0 Å². The number of hydrogen-bond donors (Lipinski definition) is 1. The summed E-state index contributed by atoms with van der Waals surface area (Å²) in [6, 6.07) is 0. The van der Waals surface area contributed by atoms with E-state index in [4.69, 9.17) is 0 Å². The molecule has 4 heavy (non-hydrogen) atoms. The second-order valence-electron chi connectivity index (χ2n) is 0. The van der Waals surface area contributed by atoms with Crippen molar-refractivity contribution in [3.05, 3.63) is 0 Å². The zero-order chi connectivity index (χ0) is 0. The standard InChI is InChI=1S/FH.K.H3N.Na.2H/h1H;;1H3;;;. The fourth-order valence-electron chi connectivity index (χ4n) is 0. The Hall–Kier alpha value is 2.53. The molecule has 0 unspecified atom stereocenters. The molecular weight excluding hydrogens is 95.1 g/mol. The van der Waals surface area contributed by atoms with E-state index in [1.165, 1.54) is 0 Å². The molecule has 0 aliphatic heterocycles. The summed E-state index contributed by atoms with van der Waals surface area (Å²) < 4.78 is 0. The van der Waals surface area contributed by atoms with Gasteiger partial charge in [-0.15, -0.1) is 0 Å². The summed E-state index contributed by atoms with van der Waals surface area (Å²) in [5.41, 5.74) is 0. The predicted octanol–water partition coefficient (Wildman–Crippen LogP) is -0.983. The van der Waals surface area contributed by atoms with Gasteiger partial charge in [-0.05, 0) is 0 Å². The van der Waals surface area contributed by atoms with Crippen molar-refractivity contribution in [1.29, 1.82) is 0 Å². The molecule has 0 aromatic heterocycles. The second-order valence-corrected chi connectivity index (χ2v) is 0. The van der Waals surface area contributed by atoms with Gasteiger partial charge in [-0.3, -0.25) is 4.70 Å². The molecule has 0 spiro atoms. The van der Waals surface area contributed by atoms with Crippen LogP contribution in [0.2, 0.25) is 0 Å². The Balaban J connectivity index is 0. The van der Waals surface area contributed by atoms with Crippen molar-refractivity contribution in [2.75, 3.05) is 0 Å². The van der Waals surface area contributed by atoms with E-state index in [2.05, 4.69) is 0 Å². The van der Waals surface area contributed by atoms with Crippen LogP contribution in [-0.4, -0.2) is 80.9 Å². The summed E-state index contributed by atoms with van der Waals surface area (Å²) >= 11 is 0. The third-order valence-corrected chi connectivity index (χ3v) is 0. The Morgan fingerprint density at radius 3 is 1.00 bits per heavy atom. The van der Waals surface area contributed by atoms with Crippen LogP contribution >= 0.6 is 0 Å². The van der Waals surface area contributed by atoms with Crippen LogP contribution < -0.4 is 6.15 Å². The Kier molecular flexibility index (Phi) is 138. The van der Waals surface area contributed by atoms with Crippen LogP contribution in [0.3, 0.4) is 0 Å². The molecule has 4 heteroatoms. The van der Waals surface area contributed by atoms with Gasteiger partial charge >= 0.3 is 80.9 Å². The molecule has 0 bridgehead atoms. The Morgan fingerprint density at radius 1 is 1.00 bits per heavy atom. The molecule has 0 rings (SSSR count). The van der Waals surface area contributed by atoms with Crippen LogP contribution in [0.5, 0.6) is 0 Å². The van der Waals surface area contributed by atoms with E-state index in [0.717, 1.165) is 0 Å². The van der Waals surface area contributed by atoms with Crippen molar-refractivity contribution in [1.82, 2.24) is 6.15 Å². The normalized spacial score (nSPS) is 0. The summed E-state index contributed by atoms with van der Waals surface area (Å²) in [6.45, 7) is 0. The molecule has 0 heterocycles. The van der Waals surface area contributed by atoms with E-state index in [-0.39, 0.29) is 91.8 Å². The maximum atomic E-state index is 0. The second kappa shape index (κ2) is 17.7. The summed E-state index contributed by atoms with van der Waals surface area (Å²) in [6.07, 6.45) is 0.